The first kappa shape index (κ1) is 14.0. The standard InChI is InChI=1S/C17H20N2O2S/c1-10(13-8-11-4-5-12(13)7-11)18-17(20)14-9-15(21-19-14)16-3-2-6-22-16/h2-3,6,9-13H,4-5,7-8H2,1H3,(H,18,20)/t10-,11-,12-,13+/m0/s1. The maximum Gasteiger partial charge on any atom is 0.273 e. The van der Waals surface area contributed by atoms with Crippen LogP contribution in [0.15, 0.2) is 28.1 Å². The van der Waals surface area contributed by atoms with Crippen LogP contribution in [0.1, 0.15) is 43.1 Å². The van der Waals surface area contributed by atoms with Gasteiger partial charge in [-0.1, -0.05) is 17.6 Å². The van der Waals surface area contributed by atoms with E-state index in [1.165, 1.54) is 25.7 Å². The summed E-state index contributed by atoms with van der Waals surface area (Å²) in [5.74, 6) is 2.87. The van der Waals surface area contributed by atoms with E-state index in [1.54, 1.807) is 17.4 Å². The smallest absolute Gasteiger partial charge is 0.273 e. The summed E-state index contributed by atoms with van der Waals surface area (Å²) in [5.41, 5.74) is 0.374. The van der Waals surface area contributed by atoms with Crippen LogP contribution in [-0.4, -0.2) is 17.1 Å². The molecule has 0 saturated heterocycles. The zero-order valence-corrected chi connectivity index (χ0v) is 13.4. The van der Waals surface area contributed by atoms with Crippen LogP contribution >= 0.6 is 11.3 Å². The van der Waals surface area contributed by atoms with Crippen molar-refractivity contribution in [1.29, 1.82) is 0 Å². The zero-order valence-electron chi connectivity index (χ0n) is 12.6. The summed E-state index contributed by atoms with van der Waals surface area (Å²) in [6.07, 6.45) is 5.35. The molecule has 2 fully saturated rings. The van der Waals surface area contributed by atoms with Crippen molar-refractivity contribution < 1.29 is 9.32 Å². The van der Waals surface area contributed by atoms with Crippen LogP contribution in [0.25, 0.3) is 10.6 Å². The number of hydrogen-bond acceptors (Lipinski definition) is 4. The highest BCUT2D eigenvalue weighted by molar-refractivity contribution is 7.13. The number of aromatic nitrogens is 1. The molecule has 116 valence electrons. The van der Waals surface area contributed by atoms with Crippen LogP contribution in [0.2, 0.25) is 0 Å². The Kier molecular flexibility index (Phi) is 3.53. The Labute approximate surface area is 133 Å². The molecule has 4 rings (SSSR count). The minimum Gasteiger partial charge on any atom is -0.355 e. The quantitative estimate of drug-likeness (QED) is 0.929. The molecular formula is C17H20N2O2S. The summed E-state index contributed by atoms with van der Waals surface area (Å²) in [5, 5.41) is 9.02. The van der Waals surface area contributed by atoms with Crippen LogP contribution < -0.4 is 5.32 Å². The normalized spacial score (nSPS) is 28.0. The molecule has 0 radical (unpaired) electrons. The van der Waals surface area contributed by atoms with Crippen molar-refractivity contribution in [2.45, 2.75) is 38.6 Å². The lowest BCUT2D eigenvalue weighted by Gasteiger charge is -2.28. The molecule has 0 aliphatic heterocycles. The van der Waals surface area contributed by atoms with Crippen molar-refractivity contribution in [3.8, 4) is 10.6 Å². The average molecular weight is 316 g/mol. The van der Waals surface area contributed by atoms with Crippen molar-refractivity contribution in [3.05, 3.63) is 29.3 Å². The molecular weight excluding hydrogens is 296 g/mol. The number of carbonyl (C=O) groups is 1. The number of thiophene rings is 1. The fourth-order valence-electron chi connectivity index (χ4n) is 4.21. The van der Waals surface area contributed by atoms with Crippen molar-refractivity contribution in [3.63, 3.8) is 0 Å². The second-order valence-electron chi connectivity index (χ2n) is 6.65. The molecule has 22 heavy (non-hydrogen) atoms. The maximum atomic E-state index is 12.4. The molecule has 0 unspecified atom stereocenters. The van der Waals surface area contributed by atoms with E-state index in [4.69, 9.17) is 4.52 Å². The summed E-state index contributed by atoms with van der Waals surface area (Å²) in [4.78, 5) is 13.4. The van der Waals surface area contributed by atoms with E-state index in [0.29, 0.717) is 17.4 Å². The number of nitrogens with zero attached hydrogens (tertiary/aromatic N) is 1. The van der Waals surface area contributed by atoms with E-state index in [9.17, 15) is 4.79 Å². The van der Waals surface area contributed by atoms with Gasteiger partial charge in [0.25, 0.3) is 5.91 Å². The van der Waals surface area contributed by atoms with Gasteiger partial charge in [0.15, 0.2) is 11.5 Å². The molecule has 4 atom stereocenters. The number of fused-ring (bicyclic) bond motifs is 2. The molecule has 4 nitrogen and oxygen atoms in total. The van der Waals surface area contributed by atoms with E-state index in [-0.39, 0.29) is 11.9 Å². The molecule has 1 amide bonds. The molecule has 2 saturated carbocycles. The van der Waals surface area contributed by atoms with Gasteiger partial charge in [-0.25, -0.2) is 0 Å². The Morgan fingerprint density at radius 3 is 3.05 bits per heavy atom. The summed E-state index contributed by atoms with van der Waals surface area (Å²) in [7, 11) is 0. The maximum absolute atomic E-state index is 12.4. The van der Waals surface area contributed by atoms with E-state index < -0.39 is 0 Å². The highest BCUT2D eigenvalue weighted by Crippen LogP contribution is 2.49. The molecule has 2 aromatic heterocycles. The second kappa shape index (κ2) is 5.54. The number of carbonyl (C=O) groups excluding carboxylic acids is 1. The summed E-state index contributed by atoms with van der Waals surface area (Å²) >= 11 is 1.58. The van der Waals surface area contributed by atoms with Crippen molar-refractivity contribution >= 4 is 17.2 Å². The third-order valence-electron chi connectivity index (χ3n) is 5.30. The van der Waals surface area contributed by atoms with Gasteiger partial charge in [0.1, 0.15) is 0 Å². The topological polar surface area (TPSA) is 55.1 Å². The van der Waals surface area contributed by atoms with Crippen LogP contribution in [-0.2, 0) is 0 Å². The third kappa shape index (κ3) is 2.47. The predicted octanol–water partition coefficient (Wildman–Crippen LogP) is 3.96. The lowest BCUT2D eigenvalue weighted by Crippen LogP contribution is -2.40. The fraction of sp³-hybridized carbons (Fsp3) is 0.529. The van der Waals surface area contributed by atoms with Crippen molar-refractivity contribution in [2.75, 3.05) is 0 Å². The van der Waals surface area contributed by atoms with Gasteiger partial charge in [-0.2, -0.15) is 0 Å². The van der Waals surface area contributed by atoms with Gasteiger partial charge >= 0.3 is 0 Å². The molecule has 5 heteroatoms. The molecule has 1 N–H and O–H groups in total. The second-order valence-corrected chi connectivity index (χ2v) is 7.60. The monoisotopic (exact) mass is 316 g/mol. The van der Waals surface area contributed by atoms with Gasteiger partial charge in [-0.05, 0) is 55.4 Å². The van der Waals surface area contributed by atoms with Crippen molar-refractivity contribution in [2.24, 2.45) is 17.8 Å². The minimum atomic E-state index is -0.123. The van der Waals surface area contributed by atoms with Gasteiger partial charge < -0.3 is 9.84 Å². The molecule has 0 aromatic carbocycles. The number of rotatable bonds is 4. The molecule has 0 spiro atoms. The summed E-state index contributed by atoms with van der Waals surface area (Å²) in [6.45, 7) is 2.13. The van der Waals surface area contributed by atoms with Crippen LogP contribution in [0.4, 0.5) is 0 Å². The number of nitrogens with one attached hydrogen (secondary N) is 1. The van der Waals surface area contributed by atoms with Gasteiger partial charge in [-0.3, -0.25) is 4.79 Å². The van der Waals surface area contributed by atoms with Gasteiger partial charge in [0.05, 0.1) is 4.88 Å². The Morgan fingerprint density at radius 1 is 1.45 bits per heavy atom. The van der Waals surface area contributed by atoms with Gasteiger partial charge in [0, 0.05) is 12.1 Å². The first-order valence-electron chi connectivity index (χ1n) is 8.02. The number of amides is 1. The number of hydrogen-bond donors (Lipinski definition) is 1. The molecule has 2 aliphatic carbocycles. The largest absolute Gasteiger partial charge is 0.355 e. The van der Waals surface area contributed by atoms with Gasteiger partial charge in [0.2, 0.25) is 0 Å². The van der Waals surface area contributed by atoms with Crippen LogP contribution in [0.3, 0.4) is 0 Å². The molecule has 2 bridgehead atoms. The van der Waals surface area contributed by atoms with E-state index >= 15 is 0 Å². The predicted molar refractivity (Wildman–Crippen MR) is 85.7 cm³/mol. The Bertz CT molecular complexity index is 664. The first-order chi connectivity index (χ1) is 10.7. The van der Waals surface area contributed by atoms with Gasteiger partial charge in [-0.15, -0.1) is 11.3 Å². The lowest BCUT2D eigenvalue weighted by atomic mass is 9.84. The van der Waals surface area contributed by atoms with Crippen LogP contribution in [0, 0.1) is 17.8 Å². The first-order valence-corrected chi connectivity index (χ1v) is 8.90. The van der Waals surface area contributed by atoms with E-state index in [1.807, 2.05) is 17.5 Å². The Hall–Kier alpha value is -1.62. The zero-order chi connectivity index (χ0) is 15.1. The summed E-state index contributed by atoms with van der Waals surface area (Å²) in [6, 6.07) is 5.86. The fourth-order valence-corrected chi connectivity index (χ4v) is 4.88. The average Bonchev–Trinajstić information content (AvgIpc) is 3.29. The lowest BCUT2D eigenvalue weighted by molar-refractivity contribution is 0.0906. The van der Waals surface area contributed by atoms with E-state index in [0.717, 1.165) is 16.7 Å². The van der Waals surface area contributed by atoms with E-state index in [2.05, 4.69) is 17.4 Å². The Balaban J connectivity index is 1.42. The SMILES string of the molecule is C[C@H](NC(=O)c1cc(-c2cccs2)on1)[C@H]1C[C@H]2CC[C@H]1C2. The molecule has 2 heterocycles. The molecule has 2 aliphatic rings. The highest BCUT2D eigenvalue weighted by Gasteiger charge is 2.42. The third-order valence-corrected chi connectivity index (χ3v) is 6.19. The minimum absolute atomic E-state index is 0.123. The van der Waals surface area contributed by atoms with Crippen LogP contribution in [0.5, 0.6) is 0 Å². The van der Waals surface area contributed by atoms with Crippen molar-refractivity contribution in [1.82, 2.24) is 10.5 Å². The Morgan fingerprint density at radius 2 is 2.36 bits per heavy atom. The highest BCUT2D eigenvalue weighted by atomic mass is 32.1. The summed E-state index contributed by atoms with van der Waals surface area (Å²) < 4.78 is 5.29. The molecule has 2 aromatic rings.